The first-order chi connectivity index (χ1) is 17.4. The second-order valence-electron chi connectivity index (χ2n) is 9.44. The Morgan fingerprint density at radius 2 is 1.86 bits per heavy atom. The third kappa shape index (κ3) is 5.53. The van der Waals surface area contributed by atoms with Crippen LogP contribution in [-0.2, 0) is 0 Å². The Morgan fingerprint density at radius 3 is 2.56 bits per heavy atom. The molecule has 0 radical (unpaired) electrons. The average molecular weight is 489 g/mol. The van der Waals surface area contributed by atoms with E-state index in [9.17, 15) is 4.79 Å². The first-order valence-corrected chi connectivity index (χ1v) is 12.5. The van der Waals surface area contributed by atoms with Crippen molar-refractivity contribution in [3.05, 3.63) is 54.2 Å². The smallest absolute Gasteiger partial charge is 0.229 e. The van der Waals surface area contributed by atoms with E-state index in [0.717, 1.165) is 48.1 Å². The number of hydrogen-bond acceptors (Lipinski definition) is 8. The highest BCUT2D eigenvalue weighted by atomic mass is 16.5. The van der Waals surface area contributed by atoms with Crippen molar-refractivity contribution in [2.24, 2.45) is 5.92 Å². The molecule has 0 atom stereocenters. The first kappa shape index (κ1) is 25.3. The summed E-state index contributed by atoms with van der Waals surface area (Å²) in [4.78, 5) is 27.4. The number of hydrogen-bond donors (Lipinski definition) is 1. The molecule has 1 aliphatic rings. The van der Waals surface area contributed by atoms with Crippen LogP contribution in [0.1, 0.15) is 37.0 Å². The Bertz CT molecular complexity index is 1190. The minimum atomic E-state index is 0.450. The molecule has 4 rings (SSSR count). The van der Waals surface area contributed by atoms with Gasteiger partial charge in [-0.1, -0.05) is 19.1 Å². The van der Waals surface area contributed by atoms with Crippen molar-refractivity contribution in [2.45, 2.75) is 26.7 Å². The molecule has 0 spiro atoms. The van der Waals surface area contributed by atoms with Crippen LogP contribution in [0.3, 0.4) is 0 Å². The Hall–Kier alpha value is -3.81. The predicted molar refractivity (Wildman–Crippen MR) is 148 cm³/mol. The summed E-state index contributed by atoms with van der Waals surface area (Å²) in [5, 5.41) is 3.36. The van der Waals surface area contributed by atoms with Crippen LogP contribution in [0.2, 0.25) is 0 Å². The molecular weight excluding hydrogens is 452 g/mol. The van der Waals surface area contributed by atoms with Crippen molar-refractivity contribution in [3.8, 4) is 5.75 Å². The molecule has 190 valence electrons. The van der Waals surface area contributed by atoms with E-state index in [1.54, 1.807) is 12.3 Å². The van der Waals surface area contributed by atoms with E-state index in [1.165, 1.54) is 18.5 Å². The predicted octanol–water partition coefficient (Wildman–Crippen LogP) is 5.50. The number of carbonyl (C=O) groups excluding carboxylic acids is 1. The molecular formula is C28H36N6O2. The first-order valence-electron chi connectivity index (χ1n) is 12.5. The second kappa shape index (κ2) is 11.3. The van der Waals surface area contributed by atoms with Gasteiger partial charge in [0.25, 0.3) is 0 Å². The maximum atomic E-state index is 11.6. The van der Waals surface area contributed by atoms with Crippen LogP contribution in [0.4, 0.5) is 34.5 Å². The lowest BCUT2D eigenvalue weighted by Crippen LogP contribution is -2.32. The third-order valence-corrected chi connectivity index (χ3v) is 6.63. The van der Waals surface area contributed by atoms with Gasteiger partial charge in [-0.2, -0.15) is 4.98 Å². The molecule has 1 aliphatic heterocycles. The fourth-order valence-corrected chi connectivity index (χ4v) is 4.47. The molecule has 2 heterocycles. The number of aromatic nitrogens is 2. The third-order valence-electron chi connectivity index (χ3n) is 6.63. The minimum absolute atomic E-state index is 0.450. The normalized spacial score (nSPS) is 13.9. The van der Waals surface area contributed by atoms with Gasteiger partial charge >= 0.3 is 0 Å². The number of para-hydroxylation sites is 1. The van der Waals surface area contributed by atoms with E-state index in [0.29, 0.717) is 23.9 Å². The van der Waals surface area contributed by atoms with E-state index in [1.807, 2.05) is 62.1 Å². The zero-order valence-corrected chi connectivity index (χ0v) is 21.9. The molecule has 1 aromatic heterocycles. The molecule has 8 nitrogen and oxygen atoms in total. The van der Waals surface area contributed by atoms with Gasteiger partial charge in [-0.3, -0.25) is 4.79 Å². The van der Waals surface area contributed by atoms with Crippen LogP contribution in [-0.4, -0.2) is 57.1 Å². The van der Waals surface area contributed by atoms with Crippen LogP contribution < -0.4 is 24.8 Å². The van der Waals surface area contributed by atoms with E-state index >= 15 is 0 Å². The maximum absolute atomic E-state index is 11.6. The van der Waals surface area contributed by atoms with E-state index in [2.05, 4.69) is 34.3 Å². The SMILES string of the molecule is CCOc1cc(N2CCC(C)CC2)ccc1Nc1ncc(N(C)C)c(N(C)c2ccccc2C=O)n1. The summed E-state index contributed by atoms with van der Waals surface area (Å²) in [6.07, 6.45) is 5.06. The van der Waals surface area contributed by atoms with Crippen molar-refractivity contribution in [1.29, 1.82) is 0 Å². The lowest BCUT2D eigenvalue weighted by Gasteiger charge is -2.32. The topological polar surface area (TPSA) is 73.8 Å². The summed E-state index contributed by atoms with van der Waals surface area (Å²) in [5.74, 6) is 2.69. The number of aldehydes is 1. The van der Waals surface area contributed by atoms with Crippen molar-refractivity contribution in [2.75, 3.05) is 60.9 Å². The van der Waals surface area contributed by atoms with Gasteiger partial charge in [-0.25, -0.2) is 4.98 Å². The molecule has 0 amide bonds. The fraction of sp³-hybridized carbons (Fsp3) is 0.393. The summed E-state index contributed by atoms with van der Waals surface area (Å²) in [5.41, 5.74) is 4.19. The summed E-state index contributed by atoms with van der Waals surface area (Å²) in [7, 11) is 5.80. The number of rotatable bonds is 9. The Labute approximate surface area is 213 Å². The molecule has 36 heavy (non-hydrogen) atoms. The molecule has 0 aliphatic carbocycles. The van der Waals surface area contributed by atoms with E-state index in [4.69, 9.17) is 9.72 Å². The van der Waals surface area contributed by atoms with E-state index < -0.39 is 0 Å². The van der Waals surface area contributed by atoms with Gasteiger partial charge in [0.2, 0.25) is 5.95 Å². The van der Waals surface area contributed by atoms with Gasteiger partial charge in [0.1, 0.15) is 5.75 Å². The molecule has 1 fully saturated rings. The largest absolute Gasteiger partial charge is 0.492 e. The Kier molecular flexibility index (Phi) is 7.93. The van der Waals surface area contributed by atoms with Crippen molar-refractivity contribution < 1.29 is 9.53 Å². The quantitative estimate of drug-likeness (QED) is 0.396. The Balaban J connectivity index is 1.65. The number of carbonyl (C=O) groups is 1. The fourth-order valence-electron chi connectivity index (χ4n) is 4.47. The standard InChI is InChI=1S/C28H36N6O2/c1-6-36-26-17-22(34-15-13-20(2)14-16-34)11-12-23(26)30-28-29-18-25(32(3)4)27(31-28)33(5)24-10-8-7-9-21(24)19-35/h7-12,17-20H,6,13-16H2,1-5H3,(H,29,30,31). The highest BCUT2D eigenvalue weighted by Gasteiger charge is 2.20. The van der Waals surface area contributed by atoms with Gasteiger partial charge in [-0.05, 0) is 49.9 Å². The van der Waals surface area contributed by atoms with Crippen LogP contribution in [0.25, 0.3) is 0 Å². The monoisotopic (exact) mass is 488 g/mol. The van der Waals surface area contributed by atoms with Gasteiger partial charge < -0.3 is 24.8 Å². The minimum Gasteiger partial charge on any atom is -0.492 e. The van der Waals surface area contributed by atoms with Crippen LogP contribution in [0, 0.1) is 5.92 Å². The number of ether oxygens (including phenoxy) is 1. The van der Waals surface area contributed by atoms with Gasteiger partial charge in [0.05, 0.1) is 29.9 Å². The highest BCUT2D eigenvalue weighted by molar-refractivity contribution is 5.88. The van der Waals surface area contributed by atoms with Crippen molar-refractivity contribution in [3.63, 3.8) is 0 Å². The van der Waals surface area contributed by atoms with Gasteiger partial charge in [-0.15, -0.1) is 0 Å². The van der Waals surface area contributed by atoms with Crippen LogP contribution in [0.15, 0.2) is 48.7 Å². The number of benzene rings is 2. The summed E-state index contributed by atoms with van der Waals surface area (Å²) >= 11 is 0. The van der Waals surface area contributed by atoms with Crippen molar-refractivity contribution >= 4 is 40.8 Å². The zero-order valence-electron chi connectivity index (χ0n) is 21.9. The molecule has 3 aromatic rings. The zero-order chi connectivity index (χ0) is 25.7. The van der Waals surface area contributed by atoms with Crippen LogP contribution >= 0.6 is 0 Å². The maximum Gasteiger partial charge on any atom is 0.229 e. The molecule has 0 unspecified atom stereocenters. The Morgan fingerprint density at radius 1 is 1.11 bits per heavy atom. The van der Waals surface area contributed by atoms with Crippen molar-refractivity contribution in [1.82, 2.24) is 9.97 Å². The van der Waals surface area contributed by atoms with E-state index in [-0.39, 0.29) is 0 Å². The summed E-state index contributed by atoms with van der Waals surface area (Å²) in [6.45, 7) is 6.99. The highest BCUT2D eigenvalue weighted by Crippen LogP contribution is 2.36. The average Bonchev–Trinajstić information content (AvgIpc) is 2.89. The lowest BCUT2D eigenvalue weighted by atomic mass is 9.99. The molecule has 8 heteroatoms. The number of nitrogens with zero attached hydrogens (tertiary/aromatic N) is 5. The van der Waals surface area contributed by atoms with Crippen LogP contribution in [0.5, 0.6) is 5.75 Å². The summed E-state index contributed by atoms with van der Waals surface area (Å²) < 4.78 is 6.00. The lowest BCUT2D eigenvalue weighted by molar-refractivity contribution is 0.112. The number of nitrogens with one attached hydrogen (secondary N) is 1. The van der Waals surface area contributed by atoms with Gasteiger partial charge in [0.15, 0.2) is 12.1 Å². The van der Waals surface area contributed by atoms with Gasteiger partial charge in [0, 0.05) is 51.5 Å². The molecule has 1 saturated heterocycles. The number of piperidine rings is 1. The summed E-state index contributed by atoms with van der Waals surface area (Å²) in [6, 6.07) is 13.7. The second-order valence-corrected chi connectivity index (χ2v) is 9.44. The number of anilines is 6. The molecule has 1 N–H and O–H groups in total. The molecule has 0 saturated carbocycles. The molecule has 0 bridgehead atoms. The molecule has 2 aromatic carbocycles.